The van der Waals surface area contributed by atoms with E-state index >= 15 is 0 Å². The Morgan fingerprint density at radius 1 is 1.06 bits per heavy atom. The van der Waals surface area contributed by atoms with Crippen molar-refractivity contribution in [2.75, 3.05) is 11.9 Å². The van der Waals surface area contributed by atoms with Crippen LogP contribution in [0.4, 0.5) is 0 Å². The largest absolute Gasteiger partial charge is 0.378 e. The highest BCUT2D eigenvalue weighted by atomic mass is 79.9. The van der Waals surface area contributed by atoms with Crippen molar-refractivity contribution in [3.63, 3.8) is 0 Å². The summed E-state index contributed by atoms with van der Waals surface area (Å²) in [5, 5.41) is 1.09. The Kier molecular flexibility index (Phi) is 7.86. The highest BCUT2D eigenvalue weighted by molar-refractivity contribution is 9.09. The van der Waals surface area contributed by atoms with E-state index in [1.54, 1.807) is 0 Å². The van der Waals surface area contributed by atoms with Crippen LogP contribution in [-0.2, 0) is 4.74 Å². The first-order chi connectivity index (χ1) is 8.65. The van der Waals surface area contributed by atoms with Gasteiger partial charge in [-0.15, -0.1) is 0 Å². The summed E-state index contributed by atoms with van der Waals surface area (Å²) in [7, 11) is 0. The first kappa shape index (κ1) is 16.5. The van der Waals surface area contributed by atoms with E-state index in [4.69, 9.17) is 4.74 Å². The average molecular weight is 319 g/mol. The molecule has 0 spiro atoms. The molecule has 1 saturated carbocycles. The van der Waals surface area contributed by atoms with Crippen LogP contribution in [0.15, 0.2) is 0 Å². The monoisotopic (exact) mass is 318 g/mol. The summed E-state index contributed by atoms with van der Waals surface area (Å²) >= 11 is 3.73. The van der Waals surface area contributed by atoms with E-state index < -0.39 is 0 Å². The van der Waals surface area contributed by atoms with Crippen LogP contribution in [0.1, 0.15) is 72.1 Å². The first-order valence-corrected chi connectivity index (χ1v) is 8.95. The highest BCUT2D eigenvalue weighted by Crippen LogP contribution is 2.34. The molecule has 0 heterocycles. The SMILES string of the molecule is CCCC(CBr)(CCC)COC1CCC(C)CC1. The average Bonchev–Trinajstić information content (AvgIpc) is 2.38. The molecule has 0 aromatic carbocycles. The van der Waals surface area contributed by atoms with Crippen LogP contribution in [0.25, 0.3) is 0 Å². The van der Waals surface area contributed by atoms with Gasteiger partial charge in [0.25, 0.3) is 0 Å². The van der Waals surface area contributed by atoms with Gasteiger partial charge in [0.2, 0.25) is 0 Å². The fraction of sp³-hybridized carbons (Fsp3) is 1.00. The van der Waals surface area contributed by atoms with Gasteiger partial charge in [-0.05, 0) is 44.4 Å². The lowest BCUT2D eigenvalue weighted by Gasteiger charge is -2.35. The zero-order valence-electron chi connectivity index (χ0n) is 12.5. The van der Waals surface area contributed by atoms with Crippen molar-refractivity contribution >= 4 is 15.9 Å². The van der Waals surface area contributed by atoms with Crippen molar-refractivity contribution in [1.82, 2.24) is 0 Å². The predicted molar refractivity (Wildman–Crippen MR) is 83.4 cm³/mol. The summed E-state index contributed by atoms with van der Waals surface area (Å²) in [6.45, 7) is 7.90. The van der Waals surface area contributed by atoms with Crippen molar-refractivity contribution in [3.05, 3.63) is 0 Å². The summed E-state index contributed by atoms with van der Waals surface area (Å²) in [5.74, 6) is 0.914. The molecule has 0 bridgehead atoms. The lowest BCUT2D eigenvalue weighted by Crippen LogP contribution is -2.32. The summed E-state index contributed by atoms with van der Waals surface area (Å²) in [6.07, 6.45) is 10.9. The summed E-state index contributed by atoms with van der Waals surface area (Å²) in [5.41, 5.74) is 0.382. The highest BCUT2D eigenvalue weighted by Gasteiger charge is 2.29. The molecule has 0 atom stereocenters. The fourth-order valence-corrected chi connectivity index (χ4v) is 3.92. The van der Waals surface area contributed by atoms with Crippen molar-refractivity contribution in [2.24, 2.45) is 11.3 Å². The zero-order chi connectivity index (χ0) is 13.4. The second-order valence-corrected chi connectivity index (χ2v) is 6.89. The van der Waals surface area contributed by atoms with E-state index in [0.29, 0.717) is 11.5 Å². The van der Waals surface area contributed by atoms with Gasteiger partial charge in [-0.25, -0.2) is 0 Å². The molecule has 18 heavy (non-hydrogen) atoms. The smallest absolute Gasteiger partial charge is 0.0575 e. The molecule has 1 aliphatic carbocycles. The Balaban J connectivity index is 2.40. The van der Waals surface area contributed by atoms with E-state index in [0.717, 1.165) is 17.9 Å². The fourth-order valence-electron chi connectivity index (χ4n) is 3.19. The molecule has 0 aromatic heterocycles. The third kappa shape index (κ3) is 5.21. The molecule has 0 amide bonds. The molecule has 1 aliphatic rings. The minimum Gasteiger partial charge on any atom is -0.378 e. The Labute approximate surface area is 122 Å². The zero-order valence-corrected chi connectivity index (χ0v) is 14.1. The quantitative estimate of drug-likeness (QED) is 0.532. The van der Waals surface area contributed by atoms with Crippen LogP contribution in [0.3, 0.4) is 0 Å². The molecular weight excluding hydrogens is 288 g/mol. The van der Waals surface area contributed by atoms with E-state index in [1.807, 2.05) is 0 Å². The van der Waals surface area contributed by atoms with Gasteiger partial charge in [0.1, 0.15) is 0 Å². The van der Waals surface area contributed by atoms with Crippen molar-refractivity contribution < 1.29 is 4.74 Å². The molecule has 1 rings (SSSR count). The minimum atomic E-state index is 0.382. The summed E-state index contributed by atoms with van der Waals surface area (Å²) in [6, 6.07) is 0. The van der Waals surface area contributed by atoms with Crippen LogP contribution >= 0.6 is 15.9 Å². The van der Waals surface area contributed by atoms with Gasteiger partial charge in [-0.1, -0.05) is 49.5 Å². The number of hydrogen-bond acceptors (Lipinski definition) is 1. The molecule has 1 nitrogen and oxygen atoms in total. The maximum Gasteiger partial charge on any atom is 0.0575 e. The van der Waals surface area contributed by atoms with Crippen LogP contribution in [0.2, 0.25) is 0 Å². The van der Waals surface area contributed by atoms with Gasteiger partial charge in [0.15, 0.2) is 0 Å². The number of halogens is 1. The third-order valence-electron chi connectivity index (χ3n) is 4.43. The Bertz CT molecular complexity index is 203. The maximum absolute atomic E-state index is 6.26. The van der Waals surface area contributed by atoms with Gasteiger partial charge in [-0.2, -0.15) is 0 Å². The number of hydrogen-bond donors (Lipinski definition) is 0. The summed E-state index contributed by atoms with van der Waals surface area (Å²) < 4.78 is 6.26. The standard InChI is InChI=1S/C16H31BrO/c1-4-10-16(12-17,11-5-2)13-18-15-8-6-14(3)7-9-15/h14-15H,4-13H2,1-3H3. The van der Waals surface area contributed by atoms with E-state index in [2.05, 4.69) is 36.7 Å². The predicted octanol–water partition coefficient (Wildman–Crippen LogP) is 5.56. The normalized spacial score (nSPS) is 25.3. The van der Waals surface area contributed by atoms with Gasteiger partial charge in [-0.3, -0.25) is 0 Å². The van der Waals surface area contributed by atoms with E-state index in [-0.39, 0.29) is 0 Å². The minimum absolute atomic E-state index is 0.382. The van der Waals surface area contributed by atoms with E-state index in [1.165, 1.54) is 51.4 Å². The van der Waals surface area contributed by atoms with Crippen molar-refractivity contribution in [2.45, 2.75) is 78.2 Å². The Morgan fingerprint density at radius 3 is 2.06 bits per heavy atom. The molecular formula is C16H31BrO. The molecule has 2 heteroatoms. The molecule has 0 aromatic rings. The molecule has 0 saturated heterocycles. The molecule has 0 unspecified atom stereocenters. The Morgan fingerprint density at radius 2 is 1.61 bits per heavy atom. The number of alkyl halides is 1. The molecule has 0 N–H and O–H groups in total. The maximum atomic E-state index is 6.26. The summed E-state index contributed by atoms with van der Waals surface area (Å²) in [4.78, 5) is 0. The van der Waals surface area contributed by atoms with Crippen LogP contribution < -0.4 is 0 Å². The molecule has 1 fully saturated rings. The molecule has 108 valence electrons. The van der Waals surface area contributed by atoms with Gasteiger partial charge in [0.05, 0.1) is 12.7 Å². The lowest BCUT2D eigenvalue weighted by atomic mass is 9.82. The number of ether oxygens (including phenoxy) is 1. The van der Waals surface area contributed by atoms with Gasteiger partial charge in [0, 0.05) is 10.7 Å². The van der Waals surface area contributed by atoms with Crippen LogP contribution in [0.5, 0.6) is 0 Å². The first-order valence-electron chi connectivity index (χ1n) is 7.83. The second kappa shape index (κ2) is 8.58. The van der Waals surface area contributed by atoms with Crippen LogP contribution in [0, 0.1) is 11.3 Å². The van der Waals surface area contributed by atoms with Crippen molar-refractivity contribution in [1.29, 1.82) is 0 Å². The van der Waals surface area contributed by atoms with Crippen LogP contribution in [-0.4, -0.2) is 18.0 Å². The van der Waals surface area contributed by atoms with Crippen molar-refractivity contribution in [3.8, 4) is 0 Å². The molecule has 0 radical (unpaired) electrons. The molecule has 0 aliphatic heterocycles. The van der Waals surface area contributed by atoms with Gasteiger partial charge < -0.3 is 4.74 Å². The van der Waals surface area contributed by atoms with E-state index in [9.17, 15) is 0 Å². The second-order valence-electron chi connectivity index (χ2n) is 6.33. The number of rotatable bonds is 8. The Hall–Kier alpha value is 0.440. The third-order valence-corrected chi connectivity index (χ3v) is 5.62. The topological polar surface area (TPSA) is 9.23 Å². The van der Waals surface area contributed by atoms with Gasteiger partial charge >= 0.3 is 0 Å². The lowest BCUT2D eigenvalue weighted by molar-refractivity contribution is -0.0292.